The minimum Gasteiger partial charge on any atom is -0.362 e. The molecule has 1 heterocycles. The van der Waals surface area contributed by atoms with E-state index in [0.29, 0.717) is 21.6 Å². The molecule has 1 aliphatic carbocycles. The van der Waals surface area contributed by atoms with Gasteiger partial charge in [-0.05, 0) is 18.2 Å². The van der Waals surface area contributed by atoms with Gasteiger partial charge in [0.25, 0.3) is 0 Å². The normalized spacial score (nSPS) is 21.6. The fraction of sp³-hybridized carbons (Fsp3) is 0.167. The fourth-order valence-corrected chi connectivity index (χ4v) is 2.40. The van der Waals surface area contributed by atoms with Crippen LogP contribution in [0.25, 0.3) is 11.0 Å². The number of aromatic amines is 1. The van der Waals surface area contributed by atoms with Gasteiger partial charge in [0.05, 0.1) is 11.4 Å². The Hall–Kier alpha value is -1.69. The second kappa shape index (κ2) is 3.91. The van der Waals surface area contributed by atoms with Gasteiger partial charge in [-0.1, -0.05) is 35.0 Å². The molecule has 0 spiro atoms. The molecule has 0 radical (unpaired) electrons. The zero-order valence-electron chi connectivity index (χ0n) is 9.21. The molecule has 2 aromatic rings. The summed E-state index contributed by atoms with van der Waals surface area (Å²) in [5.41, 5.74) is 1.79. The molecule has 6 heteroatoms. The van der Waals surface area contributed by atoms with Crippen LogP contribution in [0.3, 0.4) is 0 Å². The van der Waals surface area contributed by atoms with Crippen LogP contribution in [-0.2, 0) is 0 Å². The van der Waals surface area contributed by atoms with Gasteiger partial charge in [0.1, 0.15) is 5.52 Å². The SMILES string of the molecule is OC1(O)C=CC=CC1c1c(Cl)ccc2[nH]nnc12. The van der Waals surface area contributed by atoms with Gasteiger partial charge < -0.3 is 10.2 Å². The summed E-state index contributed by atoms with van der Waals surface area (Å²) in [7, 11) is 0. The van der Waals surface area contributed by atoms with Gasteiger partial charge in [-0.3, -0.25) is 5.10 Å². The Morgan fingerprint density at radius 2 is 2.11 bits per heavy atom. The third-order valence-corrected chi connectivity index (χ3v) is 3.34. The molecular weight excluding hydrogens is 254 g/mol. The van der Waals surface area contributed by atoms with Gasteiger partial charge in [-0.2, -0.15) is 0 Å². The number of aliphatic hydroxyl groups is 2. The Morgan fingerprint density at radius 3 is 2.89 bits per heavy atom. The number of rotatable bonds is 1. The van der Waals surface area contributed by atoms with Crippen LogP contribution < -0.4 is 0 Å². The second-order valence-corrected chi connectivity index (χ2v) is 4.58. The monoisotopic (exact) mass is 263 g/mol. The van der Waals surface area contributed by atoms with Crippen molar-refractivity contribution < 1.29 is 10.2 Å². The number of halogens is 1. The van der Waals surface area contributed by atoms with E-state index in [1.807, 2.05) is 0 Å². The first-order valence-corrected chi connectivity index (χ1v) is 5.77. The highest BCUT2D eigenvalue weighted by atomic mass is 35.5. The lowest BCUT2D eigenvalue weighted by Gasteiger charge is -2.29. The molecule has 0 aliphatic heterocycles. The molecule has 0 amide bonds. The molecule has 0 fully saturated rings. The number of hydrogen-bond donors (Lipinski definition) is 3. The molecule has 3 rings (SSSR count). The van der Waals surface area contributed by atoms with Crippen molar-refractivity contribution in [3.05, 3.63) is 47.0 Å². The van der Waals surface area contributed by atoms with Crippen LogP contribution in [-0.4, -0.2) is 31.4 Å². The van der Waals surface area contributed by atoms with E-state index >= 15 is 0 Å². The lowest BCUT2D eigenvalue weighted by Crippen LogP contribution is -2.34. The molecule has 1 aromatic heterocycles. The van der Waals surface area contributed by atoms with Crippen molar-refractivity contribution in [3.63, 3.8) is 0 Å². The summed E-state index contributed by atoms with van der Waals surface area (Å²) in [6.45, 7) is 0. The van der Waals surface area contributed by atoms with Crippen LogP contribution in [0.5, 0.6) is 0 Å². The highest BCUT2D eigenvalue weighted by Gasteiger charge is 2.35. The van der Waals surface area contributed by atoms with E-state index in [2.05, 4.69) is 15.4 Å². The fourth-order valence-electron chi connectivity index (χ4n) is 2.13. The Bertz CT molecular complexity index is 660. The minimum absolute atomic E-state index is 0.425. The first-order chi connectivity index (χ1) is 8.59. The van der Waals surface area contributed by atoms with Crippen molar-refractivity contribution >= 4 is 22.6 Å². The summed E-state index contributed by atoms with van der Waals surface area (Å²) < 4.78 is 0. The summed E-state index contributed by atoms with van der Waals surface area (Å²) in [4.78, 5) is 0. The largest absolute Gasteiger partial charge is 0.362 e. The number of H-pyrrole nitrogens is 1. The van der Waals surface area contributed by atoms with Gasteiger partial charge in [0, 0.05) is 10.6 Å². The van der Waals surface area contributed by atoms with Crippen LogP contribution in [0.15, 0.2) is 36.4 Å². The smallest absolute Gasteiger partial charge is 0.193 e. The topological polar surface area (TPSA) is 82.0 Å². The third-order valence-electron chi connectivity index (χ3n) is 3.01. The molecule has 3 N–H and O–H groups in total. The molecule has 0 saturated heterocycles. The molecule has 1 unspecified atom stereocenters. The molecule has 1 atom stereocenters. The number of hydrogen-bond acceptors (Lipinski definition) is 4. The number of nitrogens with one attached hydrogen (secondary N) is 1. The number of benzene rings is 1. The highest BCUT2D eigenvalue weighted by Crippen LogP contribution is 2.38. The summed E-state index contributed by atoms with van der Waals surface area (Å²) >= 11 is 6.16. The van der Waals surface area contributed by atoms with E-state index in [1.54, 1.807) is 30.4 Å². The third kappa shape index (κ3) is 1.64. The van der Waals surface area contributed by atoms with Crippen LogP contribution in [0, 0.1) is 0 Å². The number of nitrogens with zero attached hydrogens (tertiary/aromatic N) is 2. The lowest BCUT2D eigenvalue weighted by molar-refractivity contribution is -0.128. The minimum atomic E-state index is -1.98. The molecule has 0 saturated carbocycles. The number of allylic oxidation sites excluding steroid dienone is 2. The zero-order valence-corrected chi connectivity index (χ0v) is 9.96. The van der Waals surface area contributed by atoms with Crippen molar-refractivity contribution in [2.24, 2.45) is 0 Å². The van der Waals surface area contributed by atoms with Crippen molar-refractivity contribution in [1.29, 1.82) is 0 Å². The number of fused-ring (bicyclic) bond motifs is 1. The zero-order chi connectivity index (χ0) is 12.8. The highest BCUT2D eigenvalue weighted by molar-refractivity contribution is 6.32. The Kier molecular flexibility index (Phi) is 2.48. The second-order valence-electron chi connectivity index (χ2n) is 4.17. The Balaban J connectivity index is 2.25. The van der Waals surface area contributed by atoms with Gasteiger partial charge in [-0.25, -0.2) is 0 Å². The molecule has 1 aliphatic rings. The van der Waals surface area contributed by atoms with E-state index in [-0.39, 0.29) is 0 Å². The van der Waals surface area contributed by atoms with Crippen LogP contribution in [0.4, 0.5) is 0 Å². The first kappa shape index (κ1) is 11.4. The average Bonchev–Trinajstić information content (AvgIpc) is 2.78. The van der Waals surface area contributed by atoms with Crippen LogP contribution in [0.1, 0.15) is 11.5 Å². The first-order valence-electron chi connectivity index (χ1n) is 5.39. The van der Waals surface area contributed by atoms with Crippen molar-refractivity contribution in [3.8, 4) is 0 Å². The summed E-state index contributed by atoms with van der Waals surface area (Å²) in [5.74, 6) is -2.66. The lowest BCUT2D eigenvalue weighted by atomic mass is 9.86. The van der Waals surface area contributed by atoms with Crippen molar-refractivity contribution in [1.82, 2.24) is 15.4 Å². The molecular formula is C12H10ClN3O2. The Labute approximate surface area is 107 Å². The van der Waals surface area contributed by atoms with E-state index in [1.165, 1.54) is 6.08 Å². The molecule has 1 aromatic carbocycles. The summed E-state index contributed by atoms with van der Waals surface area (Å²) in [6.07, 6.45) is 6.31. The maximum atomic E-state index is 10.0. The molecule has 5 nitrogen and oxygen atoms in total. The summed E-state index contributed by atoms with van der Waals surface area (Å²) in [6, 6.07) is 3.43. The van der Waals surface area contributed by atoms with Gasteiger partial charge in [0.2, 0.25) is 0 Å². The standard InChI is InChI=1S/C12H10ClN3O2/c13-8-4-5-9-11(15-16-14-9)10(8)7-3-1-2-6-12(7,17)18/h1-7,17-18H,(H,14,15,16). The Morgan fingerprint density at radius 1 is 1.28 bits per heavy atom. The van der Waals surface area contributed by atoms with E-state index in [4.69, 9.17) is 11.6 Å². The quantitative estimate of drug-likeness (QED) is 0.681. The number of aromatic nitrogens is 3. The van der Waals surface area contributed by atoms with E-state index < -0.39 is 11.7 Å². The average molecular weight is 264 g/mol. The van der Waals surface area contributed by atoms with Gasteiger partial charge >= 0.3 is 0 Å². The van der Waals surface area contributed by atoms with E-state index in [9.17, 15) is 10.2 Å². The molecule has 92 valence electrons. The molecule has 18 heavy (non-hydrogen) atoms. The van der Waals surface area contributed by atoms with Gasteiger partial charge in [0.15, 0.2) is 5.79 Å². The predicted octanol–water partition coefficient (Wildman–Crippen LogP) is 1.50. The summed E-state index contributed by atoms with van der Waals surface area (Å²) in [5, 5.41) is 30.8. The maximum Gasteiger partial charge on any atom is 0.193 e. The molecule has 0 bridgehead atoms. The van der Waals surface area contributed by atoms with Crippen LogP contribution in [0.2, 0.25) is 5.02 Å². The van der Waals surface area contributed by atoms with Crippen molar-refractivity contribution in [2.45, 2.75) is 11.7 Å². The van der Waals surface area contributed by atoms with Crippen LogP contribution >= 0.6 is 11.6 Å². The maximum absolute atomic E-state index is 10.0. The van der Waals surface area contributed by atoms with E-state index in [0.717, 1.165) is 0 Å². The van der Waals surface area contributed by atoms with Crippen molar-refractivity contribution in [2.75, 3.05) is 0 Å². The predicted molar refractivity (Wildman–Crippen MR) is 67.1 cm³/mol. The van der Waals surface area contributed by atoms with Gasteiger partial charge in [-0.15, -0.1) is 5.10 Å².